The van der Waals surface area contributed by atoms with E-state index in [4.69, 9.17) is 14.2 Å². The number of carbonyl (C=O) groups is 1. The quantitative estimate of drug-likeness (QED) is 0.839. The first-order valence-electron chi connectivity index (χ1n) is 7.65. The van der Waals surface area contributed by atoms with Gasteiger partial charge in [0.2, 0.25) is 5.91 Å². The molecule has 5 heteroatoms. The molecule has 0 bridgehead atoms. The van der Waals surface area contributed by atoms with Gasteiger partial charge < -0.3 is 19.5 Å². The first kappa shape index (κ1) is 15.7. The van der Waals surface area contributed by atoms with Crippen molar-refractivity contribution in [2.75, 3.05) is 19.8 Å². The highest BCUT2D eigenvalue weighted by Crippen LogP contribution is 2.36. The van der Waals surface area contributed by atoms with Crippen molar-refractivity contribution < 1.29 is 19.0 Å². The van der Waals surface area contributed by atoms with Gasteiger partial charge in [0, 0.05) is 18.4 Å². The maximum Gasteiger partial charge on any atom is 0.246 e. The van der Waals surface area contributed by atoms with Crippen LogP contribution in [0, 0.1) is 0 Å². The fourth-order valence-electron chi connectivity index (χ4n) is 2.68. The molecule has 1 N–H and O–H groups in total. The summed E-state index contributed by atoms with van der Waals surface area (Å²) in [6.07, 6.45) is 4.55. The van der Waals surface area contributed by atoms with Gasteiger partial charge in [0.15, 0.2) is 5.79 Å². The minimum atomic E-state index is -0.355. The third kappa shape index (κ3) is 4.17. The lowest BCUT2D eigenvalue weighted by Gasteiger charge is -2.35. The number of carbonyl (C=O) groups excluding carboxylic acids is 1. The standard InChI is InChI=1S/C15H27NO4/c1-4-14(2,3)16-13(17)11-18-12-5-7-15(8-6-12)19-9-10-20-15/h12H,4-11H2,1-3H3,(H,16,17). The molecule has 2 aliphatic rings. The molecule has 1 saturated heterocycles. The average Bonchev–Trinajstić information content (AvgIpc) is 2.86. The molecule has 2 rings (SSSR count). The molecule has 116 valence electrons. The highest BCUT2D eigenvalue weighted by molar-refractivity contribution is 5.77. The van der Waals surface area contributed by atoms with Gasteiger partial charge in [-0.2, -0.15) is 0 Å². The maximum absolute atomic E-state index is 11.8. The Hall–Kier alpha value is -0.650. The van der Waals surface area contributed by atoms with Crippen LogP contribution in [0.4, 0.5) is 0 Å². The molecular weight excluding hydrogens is 258 g/mol. The molecule has 1 aliphatic carbocycles. The monoisotopic (exact) mass is 285 g/mol. The van der Waals surface area contributed by atoms with E-state index in [1.807, 2.05) is 13.8 Å². The molecule has 1 aliphatic heterocycles. The van der Waals surface area contributed by atoms with Crippen molar-refractivity contribution in [3.05, 3.63) is 0 Å². The molecule has 1 spiro atoms. The molecule has 20 heavy (non-hydrogen) atoms. The smallest absolute Gasteiger partial charge is 0.246 e. The van der Waals surface area contributed by atoms with Crippen molar-refractivity contribution in [3.8, 4) is 0 Å². The van der Waals surface area contributed by atoms with Crippen LogP contribution in [-0.2, 0) is 19.0 Å². The molecule has 0 radical (unpaired) electrons. The Kier molecular flexibility index (Phi) is 5.04. The van der Waals surface area contributed by atoms with Crippen LogP contribution < -0.4 is 5.32 Å². The van der Waals surface area contributed by atoms with E-state index >= 15 is 0 Å². The number of amides is 1. The molecule has 1 heterocycles. The van der Waals surface area contributed by atoms with Crippen LogP contribution in [-0.4, -0.2) is 43.2 Å². The van der Waals surface area contributed by atoms with Gasteiger partial charge >= 0.3 is 0 Å². The van der Waals surface area contributed by atoms with Crippen molar-refractivity contribution in [1.29, 1.82) is 0 Å². The van der Waals surface area contributed by atoms with E-state index in [0.717, 1.165) is 32.1 Å². The third-order valence-corrected chi connectivity index (χ3v) is 4.32. The molecule has 1 saturated carbocycles. The summed E-state index contributed by atoms with van der Waals surface area (Å²) in [6.45, 7) is 7.63. The zero-order valence-corrected chi connectivity index (χ0v) is 12.9. The Morgan fingerprint density at radius 3 is 2.45 bits per heavy atom. The van der Waals surface area contributed by atoms with Gasteiger partial charge in [-0.05, 0) is 33.1 Å². The van der Waals surface area contributed by atoms with Gasteiger partial charge in [-0.3, -0.25) is 4.79 Å². The van der Waals surface area contributed by atoms with E-state index in [9.17, 15) is 4.79 Å². The van der Waals surface area contributed by atoms with Crippen LogP contribution in [0.3, 0.4) is 0 Å². The van der Waals surface area contributed by atoms with Gasteiger partial charge in [0.1, 0.15) is 6.61 Å². The Morgan fingerprint density at radius 2 is 1.90 bits per heavy atom. The lowest BCUT2D eigenvalue weighted by atomic mass is 9.92. The molecule has 0 atom stereocenters. The Labute approximate surface area is 121 Å². The number of hydrogen-bond acceptors (Lipinski definition) is 4. The third-order valence-electron chi connectivity index (χ3n) is 4.32. The number of nitrogens with one attached hydrogen (secondary N) is 1. The minimum absolute atomic E-state index is 0.0366. The lowest BCUT2D eigenvalue weighted by molar-refractivity contribution is -0.191. The summed E-state index contributed by atoms with van der Waals surface area (Å²) in [5.41, 5.74) is -0.164. The summed E-state index contributed by atoms with van der Waals surface area (Å²) < 4.78 is 17.1. The zero-order valence-electron chi connectivity index (χ0n) is 12.9. The Morgan fingerprint density at radius 1 is 1.30 bits per heavy atom. The van der Waals surface area contributed by atoms with Crippen molar-refractivity contribution in [3.63, 3.8) is 0 Å². The van der Waals surface area contributed by atoms with Crippen molar-refractivity contribution in [2.24, 2.45) is 0 Å². The molecule has 0 aromatic rings. The second-order valence-corrected chi connectivity index (χ2v) is 6.40. The number of rotatable bonds is 5. The van der Waals surface area contributed by atoms with E-state index in [0.29, 0.717) is 13.2 Å². The summed E-state index contributed by atoms with van der Waals surface area (Å²) >= 11 is 0. The first-order valence-corrected chi connectivity index (χ1v) is 7.65. The van der Waals surface area contributed by atoms with E-state index < -0.39 is 0 Å². The Balaban J connectivity index is 1.67. The van der Waals surface area contributed by atoms with Gasteiger partial charge in [0.05, 0.1) is 19.3 Å². The highest BCUT2D eigenvalue weighted by Gasteiger charge is 2.40. The second kappa shape index (κ2) is 6.41. The van der Waals surface area contributed by atoms with Crippen LogP contribution in [0.25, 0.3) is 0 Å². The Bertz CT molecular complexity index is 327. The maximum atomic E-state index is 11.8. The van der Waals surface area contributed by atoms with Crippen LogP contribution in [0.2, 0.25) is 0 Å². The molecule has 0 unspecified atom stereocenters. The van der Waals surface area contributed by atoms with Crippen LogP contribution in [0.5, 0.6) is 0 Å². The van der Waals surface area contributed by atoms with Crippen molar-refractivity contribution in [2.45, 2.75) is 70.3 Å². The molecular formula is C15H27NO4. The van der Waals surface area contributed by atoms with Crippen molar-refractivity contribution in [1.82, 2.24) is 5.32 Å². The van der Waals surface area contributed by atoms with Crippen LogP contribution in [0.1, 0.15) is 52.9 Å². The van der Waals surface area contributed by atoms with Crippen LogP contribution >= 0.6 is 0 Å². The van der Waals surface area contributed by atoms with E-state index in [1.165, 1.54) is 0 Å². The van der Waals surface area contributed by atoms with E-state index in [1.54, 1.807) is 0 Å². The van der Waals surface area contributed by atoms with E-state index in [-0.39, 0.29) is 29.9 Å². The molecule has 0 aromatic carbocycles. The van der Waals surface area contributed by atoms with Gasteiger partial charge in [-0.1, -0.05) is 6.92 Å². The first-order chi connectivity index (χ1) is 9.45. The van der Waals surface area contributed by atoms with Crippen molar-refractivity contribution >= 4 is 5.91 Å². The van der Waals surface area contributed by atoms with Gasteiger partial charge in [-0.25, -0.2) is 0 Å². The second-order valence-electron chi connectivity index (χ2n) is 6.40. The number of hydrogen-bond donors (Lipinski definition) is 1. The number of ether oxygens (including phenoxy) is 3. The predicted octanol–water partition coefficient (Wildman–Crippen LogP) is 1.99. The average molecular weight is 285 g/mol. The SMILES string of the molecule is CCC(C)(C)NC(=O)COC1CCC2(CC1)OCCO2. The fraction of sp³-hybridized carbons (Fsp3) is 0.933. The van der Waals surface area contributed by atoms with Gasteiger partial charge in [-0.15, -0.1) is 0 Å². The molecule has 0 aromatic heterocycles. The van der Waals surface area contributed by atoms with Crippen LogP contribution in [0.15, 0.2) is 0 Å². The zero-order chi connectivity index (χ0) is 14.6. The van der Waals surface area contributed by atoms with Gasteiger partial charge in [0.25, 0.3) is 0 Å². The normalized spacial score (nSPS) is 23.1. The minimum Gasteiger partial charge on any atom is -0.368 e. The summed E-state index contributed by atoms with van der Waals surface area (Å²) in [5, 5.41) is 2.98. The largest absolute Gasteiger partial charge is 0.368 e. The molecule has 2 fully saturated rings. The summed E-state index contributed by atoms with van der Waals surface area (Å²) in [4.78, 5) is 11.8. The predicted molar refractivity (Wildman–Crippen MR) is 75.4 cm³/mol. The molecule has 1 amide bonds. The summed E-state index contributed by atoms with van der Waals surface area (Å²) in [7, 11) is 0. The van der Waals surface area contributed by atoms with E-state index in [2.05, 4.69) is 12.2 Å². The summed E-state index contributed by atoms with van der Waals surface area (Å²) in [6, 6.07) is 0. The molecule has 5 nitrogen and oxygen atoms in total. The highest BCUT2D eigenvalue weighted by atomic mass is 16.7. The fourth-order valence-corrected chi connectivity index (χ4v) is 2.68. The topological polar surface area (TPSA) is 56.8 Å². The lowest BCUT2D eigenvalue weighted by Crippen LogP contribution is -2.45. The summed E-state index contributed by atoms with van der Waals surface area (Å²) in [5.74, 6) is -0.391.